The van der Waals surface area contributed by atoms with Crippen molar-refractivity contribution in [2.45, 2.75) is 25.9 Å². The van der Waals surface area contributed by atoms with Crippen LogP contribution in [0, 0.1) is 0 Å². The Bertz CT molecular complexity index is 619. The molecule has 0 aromatic carbocycles. The third-order valence-electron chi connectivity index (χ3n) is 3.66. The molecule has 0 radical (unpaired) electrons. The maximum Gasteiger partial charge on any atom is 0.326 e. The summed E-state index contributed by atoms with van der Waals surface area (Å²) in [7, 11) is 2.92. The second-order valence-electron chi connectivity index (χ2n) is 5.19. The van der Waals surface area contributed by atoms with Crippen LogP contribution in [0.3, 0.4) is 0 Å². The molecule has 1 atom stereocenters. The van der Waals surface area contributed by atoms with Gasteiger partial charge in [-0.15, -0.1) is 0 Å². The molecule has 0 saturated carbocycles. The van der Waals surface area contributed by atoms with E-state index in [4.69, 9.17) is 4.74 Å². The van der Waals surface area contributed by atoms with E-state index in [9.17, 15) is 14.4 Å². The number of carbonyl (C=O) groups is 3. The summed E-state index contributed by atoms with van der Waals surface area (Å²) in [5.74, 6) is -0.215. The number of urea groups is 1. The van der Waals surface area contributed by atoms with Crippen LogP contribution in [0.15, 0.2) is 18.3 Å². The van der Waals surface area contributed by atoms with Crippen molar-refractivity contribution < 1.29 is 19.1 Å². The Kier molecular flexibility index (Phi) is 5.15. The van der Waals surface area contributed by atoms with Gasteiger partial charge in [0.15, 0.2) is 0 Å². The first-order chi connectivity index (χ1) is 11.0. The van der Waals surface area contributed by atoms with Crippen LogP contribution in [0.4, 0.5) is 4.79 Å². The SMILES string of the molecule is CCOc1ncccc1CNC(=O)C[C@H]1C(=O)N(C)C(=O)N1C. The minimum absolute atomic E-state index is 0.0738. The molecule has 0 spiro atoms. The third kappa shape index (κ3) is 3.58. The van der Waals surface area contributed by atoms with Gasteiger partial charge < -0.3 is 15.0 Å². The number of carbonyl (C=O) groups excluding carboxylic acids is 3. The van der Waals surface area contributed by atoms with Crippen molar-refractivity contribution in [3.63, 3.8) is 0 Å². The highest BCUT2D eigenvalue weighted by atomic mass is 16.5. The molecule has 4 amide bonds. The van der Waals surface area contributed by atoms with Crippen LogP contribution in [0.5, 0.6) is 5.88 Å². The maximum atomic E-state index is 12.1. The topological polar surface area (TPSA) is 91.8 Å². The van der Waals surface area contributed by atoms with E-state index in [1.54, 1.807) is 12.3 Å². The fraction of sp³-hybridized carbons (Fsp3) is 0.467. The molecule has 1 aromatic heterocycles. The molecule has 1 N–H and O–H groups in total. The largest absolute Gasteiger partial charge is 0.478 e. The van der Waals surface area contributed by atoms with Gasteiger partial charge >= 0.3 is 6.03 Å². The fourth-order valence-corrected chi connectivity index (χ4v) is 2.34. The molecule has 8 heteroatoms. The molecule has 1 saturated heterocycles. The molecule has 0 bridgehead atoms. The van der Waals surface area contributed by atoms with Gasteiger partial charge in [0, 0.05) is 32.4 Å². The van der Waals surface area contributed by atoms with Gasteiger partial charge in [0.05, 0.1) is 13.0 Å². The van der Waals surface area contributed by atoms with E-state index >= 15 is 0 Å². The highest BCUT2D eigenvalue weighted by Crippen LogP contribution is 2.17. The Labute approximate surface area is 134 Å². The van der Waals surface area contributed by atoms with E-state index in [2.05, 4.69) is 10.3 Å². The fourth-order valence-electron chi connectivity index (χ4n) is 2.34. The number of nitrogens with zero attached hydrogens (tertiary/aromatic N) is 3. The predicted molar refractivity (Wildman–Crippen MR) is 81.6 cm³/mol. The molecule has 1 aliphatic heterocycles. The molecule has 1 aliphatic rings. The van der Waals surface area contributed by atoms with Crippen molar-refractivity contribution in [3.8, 4) is 5.88 Å². The molecule has 2 rings (SSSR count). The monoisotopic (exact) mass is 320 g/mol. The zero-order chi connectivity index (χ0) is 17.0. The number of likely N-dealkylation sites (N-methyl/N-ethyl adjacent to an activating group) is 2. The summed E-state index contributed by atoms with van der Waals surface area (Å²) in [5, 5.41) is 2.73. The van der Waals surface area contributed by atoms with Gasteiger partial charge in [0.1, 0.15) is 6.04 Å². The standard InChI is InChI=1S/C15H20N4O4/c1-4-23-13-10(6-5-7-16-13)9-17-12(20)8-11-14(21)19(3)15(22)18(11)2/h5-7,11H,4,8-9H2,1-3H3,(H,17,20)/t11-/m0/s1. The first kappa shape index (κ1) is 16.7. The summed E-state index contributed by atoms with van der Waals surface area (Å²) >= 11 is 0. The van der Waals surface area contributed by atoms with Crippen molar-refractivity contribution in [2.75, 3.05) is 20.7 Å². The first-order valence-electron chi connectivity index (χ1n) is 7.33. The molecular formula is C15H20N4O4. The first-order valence-corrected chi connectivity index (χ1v) is 7.33. The van der Waals surface area contributed by atoms with Gasteiger partial charge in [-0.2, -0.15) is 0 Å². The average molecular weight is 320 g/mol. The Morgan fingerprint density at radius 3 is 2.74 bits per heavy atom. The normalized spacial score (nSPS) is 17.6. The van der Waals surface area contributed by atoms with Crippen LogP contribution >= 0.6 is 0 Å². The summed E-state index contributed by atoms with van der Waals surface area (Å²) in [6.07, 6.45) is 1.54. The predicted octanol–water partition coefficient (Wildman–Crippen LogP) is 0.379. The van der Waals surface area contributed by atoms with Crippen molar-refractivity contribution in [2.24, 2.45) is 0 Å². The summed E-state index contributed by atoms with van der Waals surface area (Å²) in [6.45, 7) is 2.58. The van der Waals surface area contributed by atoms with Crippen LogP contribution in [-0.4, -0.2) is 59.4 Å². The van der Waals surface area contributed by atoms with E-state index < -0.39 is 12.1 Å². The number of rotatable bonds is 6. The molecule has 1 aromatic rings. The molecule has 124 valence electrons. The zero-order valence-electron chi connectivity index (χ0n) is 13.4. The number of pyridine rings is 1. The molecular weight excluding hydrogens is 300 g/mol. The second-order valence-corrected chi connectivity index (χ2v) is 5.19. The molecule has 0 aliphatic carbocycles. The number of hydrogen-bond donors (Lipinski definition) is 1. The van der Waals surface area contributed by atoms with Crippen molar-refractivity contribution >= 4 is 17.8 Å². The maximum absolute atomic E-state index is 12.1. The van der Waals surface area contributed by atoms with Gasteiger partial charge in [-0.05, 0) is 13.0 Å². The number of nitrogens with one attached hydrogen (secondary N) is 1. The van der Waals surface area contributed by atoms with Gasteiger partial charge in [-0.1, -0.05) is 6.07 Å². The smallest absolute Gasteiger partial charge is 0.326 e. The summed E-state index contributed by atoms with van der Waals surface area (Å²) in [6, 6.07) is 2.40. The average Bonchev–Trinajstić information content (AvgIpc) is 2.72. The van der Waals surface area contributed by atoms with Crippen LogP contribution < -0.4 is 10.1 Å². The summed E-state index contributed by atoms with van der Waals surface area (Å²) in [5.41, 5.74) is 0.752. The number of amides is 4. The zero-order valence-corrected chi connectivity index (χ0v) is 13.4. The second kappa shape index (κ2) is 7.08. The Morgan fingerprint density at radius 2 is 2.13 bits per heavy atom. The Balaban J connectivity index is 1.94. The van der Waals surface area contributed by atoms with E-state index in [1.807, 2.05) is 13.0 Å². The lowest BCUT2D eigenvalue weighted by molar-refractivity contribution is -0.131. The van der Waals surface area contributed by atoms with E-state index in [-0.39, 0.29) is 24.8 Å². The lowest BCUT2D eigenvalue weighted by Gasteiger charge is -2.16. The van der Waals surface area contributed by atoms with Crippen LogP contribution in [0.1, 0.15) is 18.9 Å². The lowest BCUT2D eigenvalue weighted by atomic mass is 10.1. The molecule has 0 unspecified atom stereocenters. The summed E-state index contributed by atoms with van der Waals surface area (Å²) in [4.78, 5) is 42.1. The minimum atomic E-state index is -0.757. The number of ether oxygens (including phenoxy) is 1. The Hall–Kier alpha value is -2.64. The minimum Gasteiger partial charge on any atom is -0.478 e. The lowest BCUT2D eigenvalue weighted by Crippen LogP contribution is -2.37. The molecule has 1 fully saturated rings. The van der Waals surface area contributed by atoms with Gasteiger partial charge in [-0.25, -0.2) is 9.78 Å². The van der Waals surface area contributed by atoms with E-state index in [1.165, 1.54) is 19.0 Å². The van der Waals surface area contributed by atoms with Gasteiger partial charge in [0.2, 0.25) is 11.8 Å². The summed E-state index contributed by atoms with van der Waals surface area (Å²) < 4.78 is 5.39. The number of imide groups is 1. The highest BCUT2D eigenvalue weighted by Gasteiger charge is 2.41. The van der Waals surface area contributed by atoms with Gasteiger partial charge in [0.25, 0.3) is 5.91 Å². The van der Waals surface area contributed by atoms with Crippen LogP contribution in [0.25, 0.3) is 0 Å². The van der Waals surface area contributed by atoms with Crippen molar-refractivity contribution in [1.29, 1.82) is 0 Å². The quantitative estimate of drug-likeness (QED) is 0.765. The number of hydrogen-bond acceptors (Lipinski definition) is 5. The van der Waals surface area contributed by atoms with E-state index in [0.717, 1.165) is 10.5 Å². The van der Waals surface area contributed by atoms with E-state index in [0.29, 0.717) is 12.5 Å². The Morgan fingerprint density at radius 1 is 1.39 bits per heavy atom. The third-order valence-corrected chi connectivity index (χ3v) is 3.66. The van der Waals surface area contributed by atoms with Crippen molar-refractivity contribution in [3.05, 3.63) is 23.9 Å². The van der Waals surface area contributed by atoms with Crippen molar-refractivity contribution in [1.82, 2.24) is 20.1 Å². The van der Waals surface area contributed by atoms with Gasteiger partial charge in [-0.3, -0.25) is 14.5 Å². The number of aromatic nitrogens is 1. The molecule has 8 nitrogen and oxygen atoms in total. The van der Waals surface area contributed by atoms with Crippen LogP contribution in [-0.2, 0) is 16.1 Å². The van der Waals surface area contributed by atoms with Crippen LogP contribution in [0.2, 0.25) is 0 Å². The molecule has 23 heavy (non-hydrogen) atoms. The highest BCUT2D eigenvalue weighted by molar-refractivity contribution is 6.05. The molecule has 2 heterocycles.